The number of benzene rings is 3. The molecule has 292 valence electrons. The highest BCUT2D eigenvalue weighted by Crippen LogP contribution is 2.61. The van der Waals surface area contributed by atoms with E-state index in [1.807, 2.05) is 12.2 Å². The molecule has 15 heteroatoms. The fourth-order valence-corrected chi connectivity index (χ4v) is 9.43. The average molecular weight is 805 g/mol. The highest BCUT2D eigenvalue weighted by molar-refractivity contribution is 6.36. The van der Waals surface area contributed by atoms with Gasteiger partial charge in [0.05, 0.1) is 55.2 Å². The van der Waals surface area contributed by atoms with E-state index in [1.54, 1.807) is 54.6 Å². The van der Waals surface area contributed by atoms with Crippen LogP contribution < -0.4 is 19.6 Å². The van der Waals surface area contributed by atoms with E-state index in [0.29, 0.717) is 27.5 Å². The van der Waals surface area contributed by atoms with Crippen LogP contribution in [-0.2, 0) is 29.4 Å². The molecule has 2 aliphatic heterocycles. The van der Waals surface area contributed by atoms with Crippen molar-refractivity contribution in [3.63, 3.8) is 0 Å². The number of anilines is 1. The molecule has 2 aliphatic carbocycles. The molecule has 56 heavy (non-hydrogen) atoms. The van der Waals surface area contributed by atoms with Crippen molar-refractivity contribution in [2.24, 2.45) is 29.6 Å². The summed E-state index contributed by atoms with van der Waals surface area (Å²) < 4.78 is 16.2. The van der Waals surface area contributed by atoms with E-state index in [-0.39, 0.29) is 66.1 Å². The number of phenols is 1. The Bertz CT molecular complexity index is 2160. The number of carbonyl (C=O) groups excluding carboxylic acids is 4. The number of aromatic hydroxyl groups is 1. The molecule has 3 fully saturated rings. The summed E-state index contributed by atoms with van der Waals surface area (Å²) in [6, 6.07) is 14.8. The summed E-state index contributed by atoms with van der Waals surface area (Å²) >= 11 is 12.7. The Kier molecular flexibility index (Phi) is 10.5. The third-order valence-corrected chi connectivity index (χ3v) is 12.0. The van der Waals surface area contributed by atoms with Gasteiger partial charge in [0.25, 0.3) is 11.8 Å². The number of methoxy groups -OCH3 is 3. The van der Waals surface area contributed by atoms with Crippen LogP contribution in [0.2, 0.25) is 10.0 Å². The number of amides is 4. The SMILES string of the molecule is COc1ccc([C@@]23C(=O)N(Nc4ccc(Cl)cc4Cl)C(=O)[C@@H]2C[C@@H]2C(=CC[C@@H]4C(=O)N(CCCC(=O)O)C(=O)[C@@H]42)[C@@H]3C=Cc2cc(OC)c(O)c(OC)c2)cc1. The molecular formula is C41H39Cl2N3O10. The third-order valence-electron chi connectivity index (χ3n) is 11.5. The van der Waals surface area contributed by atoms with Gasteiger partial charge in [0.2, 0.25) is 17.6 Å². The standard InChI is InChI=1S/C41H39Cl2N3O10/c1-54-24-10-7-22(8-11-24)41-28(14-6-21-17-32(55-2)36(49)33(18-21)56-3)25-12-13-26-35(39(52)45(37(26)50)16-4-5-34(47)48)27(25)20-29(41)38(51)46(40(41)53)44-31-15-9-23(42)19-30(31)43/h6-12,14-15,17-19,26-29,35,44,49H,4-5,13,16,20H2,1-3H3,(H,47,48)/t26-,27+,28-,29-,35-,41-/m0/s1. The maximum absolute atomic E-state index is 15.4. The fraction of sp³-hybridized carbons (Fsp3) is 0.341. The number of aliphatic carboxylic acids is 1. The van der Waals surface area contributed by atoms with Gasteiger partial charge in [-0.05, 0) is 78.8 Å². The molecule has 13 nitrogen and oxygen atoms in total. The molecule has 0 bridgehead atoms. The normalized spacial score (nSPS) is 25.5. The van der Waals surface area contributed by atoms with Gasteiger partial charge in [0.1, 0.15) is 5.75 Å². The first-order chi connectivity index (χ1) is 26.8. The number of phenolic OH excluding ortho intramolecular Hbond substituents is 1. The van der Waals surface area contributed by atoms with Gasteiger partial charge in [0, 0.05) is 23.9 Å². The molecule has 4 amide bonds. The number of hydrogen-bond donors (Lipinski definition) is 3. The average Bonchev–Trinajstić information content (AvgIpc) is 3.55. The third kappa shape index (κ3) is 6.32. The molecule has 0 unspecified atom stereocenters. The Hall–Kier alpha value is -5.53. The van der Waals surface area contributed by atoms with Crippen molar-refractivity contribution in [1.29, 1.82) is 0 Å². The highest BCUT2D eigenvalue weighted by Gasteiger charge is 2.69. The smallest absolute Gasteiger partial charge is 0.303 e. The topological polar surface area (TPSA) is 172 Å². The van der Waals surface area contributed by atoms with Gasteiger partial charge >= 0.3 is 5.97 Å². The summed E-state index contributed by atoms with van der Waals surface area (Å²) in [6.45, 7) is -0.0386. The Morgan fingerprint density at radius 2 is 1.62 bits per heavy atom. The molecular weight excluding hydrogens is 765 g/mol. The number of carboxylic acid groups (broad SMARTS) is 1. The molecule has 0 aromatic heterocycles. The first kappa shape index (κ1) is 38.7. The number of rotatable bonds is 12. The van der Waals surface area contributed by atoms with Crippen LogP contribution >= 0.6 is 23.2 Å². The first-order valence-electron chi connectivity index (χ1n) is 18.0. The van der Waals surface area contributed by atoms with Crippen LogP contribution in [0.1, 0.15) is 36.8 Å². The zero-order chi connectivity index (χ0) is 40.1. The number of imide groups is 2. The zero-order valence-corrected chi connectivity index (χ0v) is 32.2. The summed E-state index contributed by atoms with van der Waals surface area (Å²) in [5.74, 6) is -6.38. The van der Waals surface area contributed by atoms with Crippen molar-refractivity contribution < 1.29 is 48.4 Å². The summed E-state index contributed by atoms with van der Waals surface area (Å²) in [4.78, 5) is 70.6. The number of hydrogen-bond acceptors (Lipinski definition) is 10. The number of hydrazine groups is 1. The second-order valence-corrected chi connectivity index (χ2v) is 15.1. The predicted molar refractivity (Wildman–Crippen MR) is 205 cm³/mol. The minimum atomic E-state index is -1.57. The summed E-state index contributed by atoms with van der Waals surface area (Å²) in [7, 11) is 4.33. The predicted octanol–water partition coefficient (Wildman–Crippen LogP) is 6.12. The fourth-order valence-electron chi connectivity index (χ4n) is 8.98. The lowest BCUT2D eigenvalue weighted by Gasteiger charge is -2.49. The lowest BCUT2D eigenvalue weighted by Crippen LogP contribution is -2.54. The van der Waals surface area contributed by atoms with Crippen molar-refractivity contribution in [3.05, 3.63) is 93.5 Å². The van der Waals surface area contributed by atoms with Crippen molar-refractivity contribution >= 4 is 64.6 Å². The molecule has 4 aliphatic rings. The van der Waals surface area contributed by atoms with Crippen molar-refractivity contribution in [1.82, 2.24) is 9.91 Å². The van der Waals surface area contributed by atoms with Gasteiger partial charge in [-0.25, -0.2) is 0 Å². The molecule has 1 saturated carbocycles. The van der Waals surface area contributed by atoms with E-state index in [4.69, 9.17) is 37.4 Å². The van der Waals surface area contributed by atoms with Crippen molar-refractivity contribution in [2.45, 2.75) is 31.1 Å². The molecule has 7 rings (SSSR count). The zero-order valence-electron chi connectivity index (χ0n) is 30.7. The van der Waals surface area contributed by atoms with Crippen molar-refractivity contribution in [3.8, 4) is 23.0 Å². The molecule has 3 N–H and O–H groups in total. The Morgan fingerprint density at radius 1 is 0.929 bits per heavy atom. The number of nitrogens with one attached hydrogen (secondary N) is 1. The van der Waals surface area contributed by atoms with E-state index in [1.165, 1.54) is 27.4 Å². The van der Waals surface area contributed by atoms with Crippen LogP contribution in [0.5, 0.6) is 23.0 Å². The second-order valence-electron chi connectivity index (χ2n) is 14.2. The lowest BCUT2D eigenvalue weighted by molar-refractivity contribution is -0.142. The number of halogens is 2. The van der Waals surface area contributed by atoms with Crippen LogP contribution in [-0.4, -0.2) is 77.6 Å². The van der Waals surface area contributed by atoms with Crippen LogP contribution in [0.3, 0.4) is 0 Å². The summed E-state index contributed by atoms with van der Waals surface area (Å²) in [5.41, 5.74) is 3.44. The van der Waals surface area contributed by atoms with Crippen LogP contribution in [0.15, 0.2) is 72.3 Å². The monoisotopic (exact) mass is 803 g/mol. The molecule has 2 heterocycles. The Labute approximate surface area is 332 Å². The number of carbonyl (C=O) groups is 5. The van der Waals surface area contributed by atoms with E-state index >= 15 is 4.79 Å². The minimum Gasteiger partial charge on any atom is -0.502 e. The molecule has 2 saturated heterocycles. The Morgan fingerprint density at radius 3 is 2.25 bits per heavy atom. The van der Waals surface area contributed by atoms with E-state index in [9.17, 15) is 29.4 Å². The number of allylic oxidation sites excluding steroid dienone is 3. The van der Waals surface area contributed by atoms with E-state index in [2.05, 4.69) is 5.43 Å². The lowest BCUT2D eigenvalue weighted by atomic mass is 9.50. The maximum atomic E-state index is 15.4. The van der Waals surface area contributed by atoms with Gasteiger partial charge in [-0.15, -0.1) is 0 Å². The first-order valence-corrected chi connectivity index (χ1v) is 18.8. The van der Waals surface area contributed by atoms with E-state index < -0.39 is 58.7 Å². The number of carboxylic acids is 1. The van der Waals surface area contributed by atoms with E-state index in [0.717, 1.165) is 9.91 Å². The van der Waals surface area contributed by atoms with Crippen LogP contribution in [0, 0.1) is 29.6 Å². The van der Waals surface area contributed by atoms with Crippen molar-refractivity contribution in [2.75, 3.05) is 33.3 Å². The van der Waals surface area contributed by atoms with Gasteiger partial charge < -0.3 is 24.4 Å². The largest absolute Gasteiger partial charge is 0.502 e. The number of fused-ring (bicyclic) bond motifs is 4. The highest BCUT2D eigenvalue weighted by atomic mass is 35.5. The second kappa shape index (κ2) is 15.2. The van der Waals surface area contributed by atoms with Crippen LogP contribution in [0.4, 0.5) is 5.69 Å². The van der Waals surface area contributed by atoms with Gasteiger partial charge in [-0.3, -0.25) is 34.3 Å². The number of nitrogens with zero attached hydrogens (tertiary/aromatic N) is 2. The van der Waals surface area contributed by atoms with Gasteiger partial charge in [-0.1, -0.05) is 59.1 Å². The number of ether oxygens (including phenoxy) is 3. The molecule has 0 spiro atoms. The maximum Gasteiger partial charge on any atom is 0.303 e. The molecule has 3 aromatic carbocycles. The molecule has 3 aromatic rings. The van der Waals surface area contributed by atoms with Crippen LogP contribution in [0.25, 0.3) is 6.08 Å². The van der Waals surface area contributed by atoms with Gasteiger partial charge in [-0.2, -0.15) is 5.01 Å². The Balaban J connectivity index is 1.41. The van der Waals surface area contributed by atoms with Gasteiger partial charge in [0.15, 0.2) is 11.5 Å². The summed E-state index contributed by atoms with van der Waals surface area (Å²) in [5, 5.41) is 21.4. The quantitative estimate of drug-likeness (QED) is 0.142. The number of likely N-dealkylation sites (tertiary alicyclic amines) is 1. The molecule has 0 radical (unpaired) electrons. The molecule has 6 atom stereocenters. The summed E-state index contributed by atoms with van der Waals surface area (Å²) in [6.07, 6.45) is 5.64. The minimum absolute atomic E-state index is 0.0386.